The van der Waals surface area contributed by atoms with E-state index in [1.54, 1.807) is 31.2 Å². The van der Waals surface area contributed by atoms with Crippen molar-refractivity contribution in [2.75, 3.05) is 28.9 Å². The zero-order valence-electron chi connectivity index (χ0n) is 23.7. The number of aryl methyl sites for hydroxylation is 1. The van der Waals surface area contributed by atoms with Crippen LogP contribution in [-0.2, 0) is 10.0 Å². The van der Waals surface area contributed by atoms with Crippen LogP contribution in [0.3, 0.4) is 0 Å². The summed E-state index contributed by atoms with van der Waals surface area (Å²) in [5, 5.41) is 6.58. The number of sulfonamides is 1. The fourth-order valence-electron chi connectivity index (χ4n) is 4.95. The topological polar surface area (TPSA) is 118 Å². The predicted octanol–water partition coefficient (Wildman–Crippen LogP) is 6.13. The van der Waals surface area contributed by atoms with Crippen molar-refractivity contribution < 1.29 is 35.1 Å². The molecule has 0 aliphatic carbocycles. The monoisotopic (exact) mass is 636 g/mol. The molecule has 1 fully saturated rings. The van der Waals surface area contributed by atoms with E-state index >= 15 is 0 Å². The van der Waals surface area contributed by atoms with Gasteiger partial charge in [0, 0.05) is 48.7 Å². The molecule has 234 valence electrons. The van der Waals surface area contributed by atoms with E-state index in [4.69, 9.17) is 4.74 Å². The summed E-state index contributed by atoms with van der Waals surface area (Å²) in [6, 6.07) is 10.2. The standard InChI is InChI=1S/C29H29F5N6O3S/c1-17-5-6-19-20(7-8-22(30)24(19)40-44(41,42)13-10-29(32,33)34)25(17)43-26-21(4-3-11-36-26)23-9-12-37-27(39-23)38-18-14-28(2,31)16-35-15-18/h3-9,11-12,18,35,40H,10,13-16H2,1-2H3,(H,37,38,39)/t18-,28-/m0/s1. The second-order valence-electron chi connectivity index (χ2n) is 10.8. The first-order valence-corrected chi connectivity index (χ1v) is 15.3. The number of nitrogens with zero attached hydrogens (tertiary/aromatic N) is 3. The summed E-state index contributed by atoms with van der Waals surface area (Å²) in [6.45, 7) is 4.04. The fraction of sp³-hybridized carbons (Fsp3) is 0.345. The van der Waals surface area contributed by atoms with Crippen molar-refractivity contribution in [3.05, 3.63) is 66.2 Å². The minimum atomic E-state index is -4.70. The molecule has 2 atom stereocenters. The number of rotatable bonds is 9. The summed E-state index contributed by atoms with van der Waals surface area (Å²) >= 11 is 0. The van der Waals surface area contributed by atoms with Crippen LogP contribution in [0.25, 0.3) is 22.0 Å². The molecule has 0 spiro atoms. The van der Waals surface area contributed by atoms with Gasteiger partial charge >= 0.3 is 6.18 Å². The highest BCUT2D eigenvalue weighted by Gasteiger charge is 2.32. The van der Waals surface area contributed by atoms with E-state index in [9.17, 15) is 30.4 Å². The molecule has 15 heteroatoms. The van der Waals surface area contributed by atoms with Crippen molar-refractivity contribution in [2.24, 2.45) is 0 Å². The SMILES string of the molecule is Cc1ccc2c(NS(=O)(=O)CCC(F)(F)F)c(F)ccc2c1Oc1ncccc1-c1ccnc(N[C@@H]2CNC[C@@](C)(F)C2)n1. The van der Waals surface area contributed by atoms with Crippen LogP contribution in [0.5, 0.6) is 11.6 Å². The van der Waals surface area contributed by atoms with Crippen LogP contribution in [0.1, 0.15) is 25.3 Å². The molecular weight excluding hydrogens is 607 g/mol. The first-order valence-electron chi connectivity index (χ1n) is 13.6. The highest BCUT2D eigenvalue weighted by molar-refractivity contribution is 7.92. The molecule has 2 aromatic heterocycles. The molecular formula is C29H29F5N6O3S. The van der Waals surface area contributed by atoms with E-state index in [1.165, 1.54) is 31.5 Å². The van der Waals surface area contributed by atoms with Crippen molar-refractivity contribution in [1.29, 1.82) is 0 Å². The number of piperidine rings is 1. The average Bonchev–Trinajstić information content (AvgIpc) is 2.94. The lowest BCUT2D eigenvalue weighted by atomic mass is 9.95. The lowest BCUT2D eigenvalue weighted by Crippen LogP contribution is -2.50. The largest absolute Gasteiger partial charge is 0.437 e. The van der Waals surface area contributed by atoms with Gasteiger partial charge in [-0.1, -0.05) is 12.1 Å². The van der Waals surface area contributed by atoms with Gasteiger partial charge in [-0.15, -0.1) is 0 Å². The molecule has 9 nitrogen and oxygen atoms in total. The summed E-state index contributed by atoms with van der Waals surface area (Å²) in [5.41, 5.74) is -0.361. The summed E-state index contributed by atoms with van der Waals surface area (Å²) < 4.78 is 100. The number of ether oxygens (including phenoxy) is 1. The van der Waals surface area contributed by atoms with Gasteiger partial charge in [0.25, 0.3) is 0 Å². The number of anilines is 2. The van der Waals surface area contributed by atoms with Crippen molar-refractivity contribution in [3.8, 4) is 22.9 Å². The van der Waals surface area contributed by atoms with Gasteiger partial charge in [0.15, 0.2) is 0 Å². The van der Waals surface area contributed by atoms with Crippen LogP contribution < -0.4 is 20.1 Å². The highest BCUT2D eigenvalue weighted by atomic mass is 32.2. The van der Waals surface area contributed by atoms with E-state index in [-0.39, 0.29) is 42.0 Å². The van der Waals surface area contributed by atoms with Crippen LogP contribution in [0.4, 0.5) is 33.6 Å². The van der Waals surface area contributed by atoms with Crippen LogP contribution in [0.15, 0.2) is 54.9 Å². The van der Waals surface area contributed by atoms with E-state index in [0.717, 1.165) is 6.07 Å². The molecule has 0 saturated carbocycles. The molecule has 0 amide bonds. The number of fused-ring (bicyclic) bond motifs is 1. The van der Waals surface area contributed by atoms with Crippen molar-refractivity contribution in [2.45, 2.75) is 44.6 Å². The van der Waals surface area contributed by atoms with Gasteiger partial charge in [-0.2, -0.15) is 13.2 Å². The molecule has 1 aliphatic heterocycles. The third kappa shape index (κ3) is 7.50. The quantitative estimate of drug-likeness (QED) is 0.188. The van der Waals surface area contributed by atoms with Crippen LogP contribution in [-0.4, -0.2) is 60.1 Å². The summed E-state index contributed by atoms with van der Waals surface area (Å²) in [5.74, 6) is -1.61. The Kier molecular flexibility index (Phi) is 8.62. The molecule has 4 aromatic rings. The van der Waals surface area contributed by atoms with Gasteiger partial charge in [-0.05, 0) is 49.7 Å². The molecule has 1 saturated heterocycles. The Hall–Kier alpha value is -4.11. The zero-order chi connectivity index (χ0) is 31.7. The number of aromatic nitrogens is 3. The number of alkyl halides is 4. The summed E-state index contributed by atoms with van der Waals surface area (Å²) in [6.07, 6.45) is -2.98. The third-order valence-electron chi connectivity index (χ3n) is 7.00. The second kappa shape index (κ2) is 12.1. The number of nitrogens with one attached hydrogen (secondary N) is 3. The van der Waals surface area contributed by atoms with E-state index < -0.39 is 45.5 Å². The van der Waals surface area contributed by atoms with Crippen LogP contribution in [0, 0.1) is 12.7 Å². The predicted molar refractivity (Wildman–Crippen MR) is 156 cm³/mol. The number of halogens is 5. The molecule has 3 N–H and O–H groups in total. The molecule has 2 aromatic carbocycles. The maximum absolute atomic E-state index is 14.9. The molecule has 0 radical (unpaired) electrons. The Morgan fingerprint density at radius 3 is 2.61 bits per heavy atom. The van der Waals surface area contributed by atoms with Gasteiger partial charge in [-0.3, -0.25) is 4.72 Å². The number of hydrogen-bond acceptors (Lipinski definition) is 8. The molecule has 44 heavy (non-hydrogen) atoms. The van der Waals surface area contributed by atoms with Gasteiger partial charge < -0.3 is 15.4 Å². The molecule has 1 aliphatic rings. The van der Waals surface area contributed by atoms with Crippen molar-refractivity contribution in [1.82, 2.24) is 20.3 Å². The van der Waals surface area contributed by atoms with E-state index in [1.807, 2.05) is 4.72 Å². The van der Waals surface area contributed by atoms with Crippen molar-refractivity contribution >= 4 is 32.4 Å². The Bertz CT molecular complexity index is 1790. The number of pyridine rings is 1. The number of hydrogen-bond donors (Lipinski definition) is 3. The Labute approximate surface area is 250 Å². The maximum atomic E-state index is 14.9. The number of benzene rings is 2. The van der Waals surface area contributed by atoms with Crippen LogP contribution in [0.2, 0.25) is 0 Å². The Morgan fingerprint density at radius 2 is 1.86 bits per heavy atom. The molecule has 5 rings (SSSR count). The summed E-state index contributed by atoms with van der Waals surface area (Å²) in [7, 11) is -4.54. The van der Waals surface area contributed by atoms with E-state index in [0.29, 0.717) is 28.8 Å². The highest BCUT2D eigenvalue weighted by Crippen LogP contribution is 2.40. The van der Waals surface area contributed by atoms with Crippen molar-refractivity contribution in [3.63, 3.8) is 0 Å². The normalized spacial score (nSPS) is 19.1. The second-order valence-corrected chi connectivity index (χ2v) is 12.7. The molecule has 3 heterocycles. The molecule has 0 unspecified atom stereocenters. The van der Waals surface area contributed by atoms with Gasteiger partial charge in [0.2, 0.25) is 21.9 Å². The fourth-order valence-corrected chi connectivity index (χ4v) is 6.07. The summed E-state index contributed by atoms with van der Waals surface area (Å²) in [4.78, 5) is 13.2. The average molecular weight is 637 g/mol. The van der Waals surface area contributed by atoms with Crippen LogP contribution >= 0.6 is 0 Å². The smallest absolute Gasteiger partial charge is 0.390 e. The Morgan fingerprint density at radius 1 is 1.09 bits per heavy atom. The maximum Gasteiger partial charge on any atom is 0.390 e. The molecule has 0 bridgehead atoms. The zero-order valence-corrected chi connectivity index (χ0v) is 24.5. The minimum Gasteiger partial charge on any atom is -0.437 e. The Balaban J connectivity index is 1.46. The lowest BCUT2D eigenvalue weighted by Gasteiger charge is -2.33. The van der Waals surface area contributed by atoms with Gasteiger partial charge in [-0.25, -0.2) is 32.2 Å². The minimum absolute atomic E-state index is 0.0770. The lowest BCUT2D eigenvalue weighted by molar-refractivity contribution is -0.129. The van der Waals surface area contributed by atoms with E-state index in [2.05, 4.69) is 25.6 Å². The van der Waals surface area contributed by atoms with Gasteiger partial charge in [0.1, 0.15) is 17.2 Å². The first-order chi connectivity index (χ1) is 20.7. The first kappa shape index (κ1) is 31.3. The van der Waals surface area contributed by atoms with Gasteiger partial charge in [0.05, 0.1) is 29.1 Å². The third-order valence-corrected chi connectivity index (χ3v) is 8.26.